The molecule has 0 saturated carbocycles. The molecule has 2 aromatic rings. The van der Waals surface area contributed by atoms with Crippen LogP contribution in [0.2, 0.25) is 0 Å². The van der Waals surface area contributed by atoms with Crippen molar-refractivity contribution in [1.82, 2.24) is 9.97 Å². The van der Waals surface area contributed by atoms with Crippen LogP contribution in [0, 0.1) is 27.2 Å². The Labute approximate surface area is 117 Å². The first kappa shape index (κ1) is 14.1. The molecule has 0 aliphatic carbocycles. The highest BCUT2D eigenvalue weighted by Gasteiger charge is 2.23. The van der Waals surface area contributed by atoms with Crippen molar-refractivity contribution in [3.8, 4) is 11.6 Å². The van der Waals surface area contributed by atoms with Crippen molar-refractivity contribution in [2.45, 2.75) is 6.92 Å². The number of nitrogens with two attached hydrogens (primary N) is 1. The monoisotopic (exact) mass is 291 g/mol. The van der Waals surface area contributed by atoms with Gasteiger partial charge < -0.3 is 10.5 Å². The van der Waals surface area contributed by atoms with E-state index in [4.69, 9.17) is 10.5 Å². The Morgan fingerprint density at radius 1 is 1.19 bits per heavy atom. The van der Waals surface area contributed by atoms with Crippen molar-refractivity contribution in [3.05, 3.63) is 50.3 Å². The normalized spacial score (nSPS) is 10.1. The van der Waals surface area contributed by atoms with Gasteiger partial charge in [0.1, 0.15) is 12.1 Å². The lowest BCUT2D eigenvalue weighted by atomic mass is 10.2. The fourth-order valence-electron chi connectivity index (χ4n) is 1.59. The Hall–Kier alpha value is -3.30. The summed E-state index contributed by atoms with van der Waals surface area (Å²) in [6, 6.07) is 3.83. The first-order valence-electron chi connectivity index (χ1n) is 5.58. The van der Waals surface area contributed by atoms with E-state index in [0.29, 0.717) is 5.56 Å². The van der Waals surface area contributed by atoms with Crippen molar-refractivity contribution in [2.75, 3.05) is 5.73 Å². The van der Waals surface area contributed by atoms with E-state index in [1.165, 1.54) is 18.2 Å². The highest BCUT2D eigenvalue weighted by molar-refractivity contribution is 5.59. The minimum atomic E-state index is -0.759. The van der Waals surface area contributed by atoms with Crippen LogP contribution in [-0.4, -0.2) is 19.8 Å². The number of nitrogen functional groups attached to an aromatic ring is 1. The Morgan fingerprint density at radius 2 is 1.90 bits per heavy atom. The van der Waals surface area contributed by atoms with Crippen LogP contribution < -0.4 is 10.5 Å². The summed E-state index contributed by atoms with van der Waals surface area (Å²) in [5, 5.41) is 21.6. The molecule has 10 heteroatoms. The van der Waals surface area contributed by atoms with E-state index < -0.39 is 15.5 Å². The number of aromatic nitrogens is 2. The number of non-ortho nitro benzene ring substituents is 1. The van der Waals surface area contributed by atoms with E-state index >= 15 is 0 Å². The van der Waals surface area contributed by atoms with Gasteiger partial charge in [-0.2, -0.15) is 4.98 Å². The lowest BCUT2D eigenvalue weighted by molar-refractivity contribution is -0.385. The highest BCUT2D eigenvalue weighted by atomic mass is 16.6. The topological polar surface area (TPSA) is 147 Å². The van der Waals surface area contributed by atoms with E-state index in [9.17, 15) is 20.2 Å². The summed E-state index contributed by atoms with van der Waals surface area (Å²) in [5.74, 6) is -0.462. The van der Waals surface area contributed by atoms with Crippen LogP contribution in [0.15, 0.2) is 24.5 Å². The summed E-state index contributed by atoms with van der Waals surface area (Å²) in [5.41, 5.74) is 5.17. The maximum Gasteiger partial charge on any atom is 0.372 e. The first-order chi connectivity index (χ1) is 9.90. The van der Waals surface area contributed by atoms with E-state index in [1.54, 1.807) is 6.92 Å². The standard InChI is InChI=1S/C11H9N5O5/c1-6-4-7(15(17)18)2-3-8(6)21-11-9(16(19)20)10(12)13-5-14-11/h2-5H,1H3,(H2,12,13,14). The van der Waals surface area contributed by atoms with Crippen molar-refractivity contribution < 1.29 is 14.6 Å². The van der Waals surface area contributed by atoms with Crippen LogP contribution in [0.25, 0.3) is 0 Å². The van der Waals surface area contributed by atoms with Crippen molar-refractivity contribution >= 4 is 17.2 Å². The number of anilines is 1. The molecule has 1 aromatic heterocycles. The van der Waals surface area contributed by atoms with Gasteiger partial charge in [0.05, 0.1) is 9.85 Å². The molecular formula is C11H9N5O5. The number of hydrogen-bond acceptors (Lipinski definition) is 8. The zero-order valence-electron chi connectivity index (χ0n) is 10.7. The molecule has 10 nitrogen and oxygen atoms in total. The molecule has 0 aliphatic rings. The van der Waals surface area contributed by atoms with Gasteiger partial charge in [-0.05, 0) is 18.6 Å². The smallest absolute Gasteiger partial charge is 0.372 e. The zero-order chi connectivity index (χ0) is 15.6. The number of nitrogens with zero attached hydrogens (tertiary/aromatic N) is 4. The largest absolute Gasteiger partial charge is 0.433 e. The maximum absolute atomic E-state index is 10.9. The molecule has 2 rings (SSSR count). The average Bonchev–Trinajstić information content (AvgIpc) is 2.40. The first-order valence-corrected chi connectivity index (χ1v) is 5.58. The van der Waals surface area contributed by atoms with Crippen LogP contribution in [-0.2, 0) is 0 Å². The molecular weight excluding hydrogens is 282 g/mol. The summed E-state index contributed by atoms with van der Waals surface area (Å²) in [6.07, 6.45) is 1.03. The predicted molar refractivity (Wildman–Crippen MR) is 71.0 cm³/mol. The van der Waals surface area contributed by atoms with Gasteiger partial charge in [-0.1, -0.05) is 0 Å². The van der Waals surface area contributed by atoms with Gasteiger partial charge in [-0.15, -0.1) is 0 Å². The summed E-state index contributed by atoms with van der Waals surface area (Å²) in [6.45, 7) is 1.57. The molecule has 0 amide bonds. The average molecular weight is 291 g/mol. The van der Waals surface area contributed by atoms with Crippen LogP contribution in [0.1, 0.15) is 5.56 Å². The molecule has 108 valence electrons. The third-order valence-corrected chi connectivity index (χ3v) is 2.58. The molecule has 0 aliphatic heterocycles. The van der Waals surface area contributed by atoms with Gasteiger partial charge in [-0.25, -0.2) is 4.98 Å². The molecule has 21 heavy (non-hydrogen) atoms. The van der Waals surface area contributed by atoms with Crippen LogP contribution >= 0.6 is 0 Å². The second kappa shape index (κ2) is 5.36. The van der Waals surface area contributed by atoms with Gasteiger partial charge in [0.2, 0.25) is 5.82 Å². The summed E-state index contributed by atoms with van der Waals surface area (Å²) in [4.78, 5) is 27.5. The number of hydrogen-bond donors (Lipinski definition) is 1. The second-order valence-electron chi connectivity index (χ2n) is 3.98. The minimum absolute atomic E-state index is 0.114. The highest BCUT2D eigenvalue weighted by Crippen LogP contribution is 2.34. The molecule has 0 bridgehead atoms. The molecule has 1 aromatic carbocycles. The predicted octanol–water partition coefficient (Wildman–Crippen LogP) is 1.98. The molecule has 1 heterocycles. The summed E-state index contributed by atoms with van der Waals surface area (Å²) in [7, 11) is 0. The summed E-state index contributed by atoms with van der Waals surface area (Å²) >= 11 is 0. The number of benzene rings is 1. The number of aryl methyl sites for hydroxylation is 1. The molecule has 2 N–H and O–H groups in total. The van der Waals surface area contributed by atoms with Crippen LogP contribution in [0.4, 0.5) is 17.2 Å². The summed E-state index contributed by atoms with van der Waals surface area (Å²) < 4.78 is 5.32. The van der Waals surface area contributed by atoms with Gasteiger partial charge in [0.25, 0.3) is 5.69 Å². The van der Waals surface area contributed by atoms with Gasteiger partial charge in [-0.3, -0.25) is 20.2 Å². The Balaban J connectivity index is 2.42. The van der Waals surface area contributed by atoms with Crippen molar-refractivity contribution in [2.24, 2.45) is 0 Å². The second-order valence-corrected chi connectivity index (χ2v) is 3.98. The Morgan fingerprint density at radius 3 is 2.48 bits per heavy atom. The number of nitro groups is 2. The van der Waals surface area contributed by atoms with Crippen molar-refractivity contribution in [3.63, 3.8) is 0 Å². The molecule has 0 atom stereocenters. The number of ether oxygens (including phenoxy) is 1. The fourth-order valence-corrected chi connectivity index (χ4v) is 1.59. The lowest BCUT2D eigenvalue weighted by Crippen LogP contribution is -2.03. The molecule has 0 fully saturated rings. The van der Waals surface area contributed by atoms with E-state index in [1.807, 2.05) is 0 Å². The van der Waals surface area contributed by atoms with E-state index in [-0.39, 0.29) is 23.1 Å². The number of rotatable bonds is 4. The minimum Gasteiger partial charge on any atom is -0.433 e. The quantitative estimate of drug-likeness (QED) is 0.663. The zero-order valence-corrected chi connectivity index (χ0v) is 10.7. The van der Waals surface area contributed by atoms with Crippen LogP contribution in [0.3, 0.4) is 0 Å². The van der Waals surface area contributed by atoms with Gasteiger partial charge in [0.15, 0.2) is 0 Å². The Kier molecular flexibility index (Phi) is 3.61. The van der Waals surface area contributed by atoms with Crippen LogP contribution in [0.5, 0.6) is 11.6 Å². The SMILES string of the molecule is Cc1cc([N+](=O)[O-])ccc1Oc1ncnc(N)c1[N+](=O)[O-]. The Bertz CT molecular complexity index is 733. The molecule has 0 unspecified atom stereocenters. The molecule has 0 saturated heterocycles. The maximum atomic E-state index is 10.9. The molecule has 0 spiro atoms. The van der Waals surface area contributed by atoms with Gasteiger partial charge >= 0.3 is 11.6 Å². The third kappa shape index (κ3) is 2.83. The van der Waals surface area contributed by atoms with E-state index in [2.05, 4.69) is 9.97 Å². The fraction of sp³-hybridized carbons (Fsp3) is 0.0909. The van der Waals surface area contributed by atoms with Gasteiger partial charge in [0, 0.05) is 12.1 Å². The van der Waals surface area contributed by atoms with E-state index in [0.717, 1.165) is 6.33 Å². The number of nitro benzene ring substituents is 1. The third-order valence-electron chi connectivity index (χ3n) is 2.58. The van der Waals surface area contributed by atoms with Crippen molar-refractivity contribution in [1.29, 1.82) is 0 Å². The molecule has 0 radical (unpaired) electrons. The lowest BCUT2D eigenvalue weighted by Gasteiger charge is -2.08.